The Bertz CT molecular complexity index is 1610. The normalized spacial score (nSPS) is 30.3. The van der Waals surface area contributed by atoms with Crippen LogP contribution >= 0.6 is 46.3 Å². The summed E-state index contributed by atoms with van der Waals surface area (Å²) in [7, 11) is 0. The maximum atomic E-state index is 13.7. The van der Waals surface area contributed by atoms with Crippen LogP contribution in [0.1, 0.15) is 22.8 Å². The van der Waals surface area contributed by atoms with Gasteiger partial charge in [0.25, 0.3) is 0 Å². The highest BCUT2D eigenvalue weighted by molar-refractivity contribution is 8.00. The van der Waals surface area contributed by atoms with E-state index in [4.69, 9.17) is 23.2 Å². The Morgan fingerprint density at radius 2 is 1.77 bits per heavy atom. The number of carbonyl (C=O) groups is 3. The number of thiazole rings is 1. The Balaban J connectivity index is 1.21. The lowest BCUT2D eigenvalue weighted by Crippen LogP contribution is -2.42. The molecule has 0 radical (unpaired) electrons. The van der Waals surface area contributed by atoms with Crippen LogP contribution in [0.3, 0.4) is 0 Å². The van der Waals surface area contributed by atoms with Crippen LogP contribution in [0.25, 0.3) is 0 Å². The average Bonchev–Trinajstić information content (AvgIpc) is 3.63. The van der Waals surface area contributed by atoms with E-state index in [1.807, 2.05) is 12.1 Å². The van der Waals surface area contributed by atoms with E-state index in [2.05, 4.69) is 10.3 Å². The van der Waals surface area contributed by atoms with E-state index in [-0.39, 0.29) is 57.9 Å². The number of benzene rings is 2. The number of phenols is 1. The van der Waals surface area contributed by atoms with Gasteiger partial charge in [0.05, 0.1) is 26.9 Å². The third kappa shape index (κ3) is 3.79. The van der Waals surface area contributed by atoms with Gasteiger partial charge in [0, 0.05) is 21.7 Å². The number of aromatic nitrogens is 1. The molecule has 7 rings (SSSR count). The first-order valence-corrected chi connectivity index (χ1v) is 15.0. The molecule has 7 atom stereocenters. The first kappa shape index (κ1) is 25.2. The predicted octanol–water partition coefficient (Wildman–Crippen LogP) is 4.56. The van der Waals surface area contributed by atoms with Crippen molar-refractivity contribution in [1.29, 1.82) is 0 Å². The minimum Gasteiger partial charge on any atom is -0.508 e. The molecule has 2 aliphatic heterocycles. The first-order valence-electron chi connectivity index (χ1n) is 12.5. The third-order valence-corrected chi connectivity index (χ3v) is 12.0. The molecule has 3 aromatic rings. The molecule has 3 fully saturated rings. The van der Waals surface area contributed by atoms with Crippen molar-refractivity contribution in [3.8, 4) is 5.75 Å². The number of phenolic OH excluding ortho intramolecular Hbond substituents is 1. The molecule has 2 aromatic carbocycles. The zero-order chi connectivity index (χ0) is 27.2. The fraction of sp³-hybridized carbons (Fsp3) is 0.333. The summed E-state index contributed by atoms with van der Waals surface area (Å²) >= 11 is 15.8. The number of imide groups is 1. The maximum absolute atomic E-state index is 13.7. The number of H-pyrrole nitrogens is 1. The van der Waals surface area contributed by atoms with Gasteiger partial charge in [-0.1, -0.05) is 46.7 Å². The van der Waals surface area contributed by atoms with Crippen molar-refractivity contribution in [3.05, 3.63) is 72.6 Å². The van der Waals surface area contributed by atoms with Gasteiger partial charge in [-0.05, 0) is 60.1 Å². The molecule has 2 saturated carbocycles. The Hall–Kier alpha value is -2.79. The largest absolute Gasteiger partial charge is 0.508 e. The second kappa shape index (κ2) is 9.12. The van der Waals surface area contributed by atoms with E-state index in [1.165, 1.54) is 12.1 Å². The molecule has 3 heterocycles. The average molecular weight is 603 g/mol. The number of amides is 3. The van der Waals surface area contributed by atoms with Crippen molar-refractivity contribution >= 4 is 69.7 Å². The molecule has 39 heavy (non-hydrogen) atoms. The Morgan fingerprint density at radius 1 is 1.05 bits per heavy atom. The van der Waals surface area contributed by atoms with Crippen LogP contribution in [0.2, 0.25) is 10.0 Å². The predicted molar refractivity (Wildman–Crippen MR) is 148 cm³/mol. The minimum atomic E-state index is -0.511. The van der Waals surface area contributed by atoms with E-state index in [0.717, 1.165) is 38.1 Å². The van der Waals surface area contributed by atoms with Crippen molar-refractivity contribution in [2.24, 2.45) is 29.6 Å². The first-order chi connectivity index (χ1) is 18.7. The number of aromatic hydroxyl groups is 1. The number of anilines is 1. The summed E-state index contributed by atoms with van der Waals surface area (Å²) in [5.41, 5.74) is 1.28. The second-order valence-corrected chi connectivity index (χ2v) is 13.4. The van der Waals surface area contributed by atoms with E-state index in [0.29, 0.717) is 15.7 Å². The van der Waals surface area contributed by atoms with Gasteiger partial charge in [-0.15, -0.1) is 11.8 Å². The number of thioether (sulfide) groups is 1. The molecule has 200 valence electrons. The van der Waals surface area contributed by atoms with Crippen LogP contribution < -0.4 is 10.2 Å². The van der Waals surface area contributed by atoms with Crippen LogP contribution in [-0.4, -0.2) is 44.5 Å². The maximum Gasteiger partial charge on any atom is 0.305 e. The lowest BCUT2D eigenvalue weighted by atomic mass is 9.68. The summed E-state index contributed by atoms with van der Waals surface area (Å²) in [6.07, 6.45) is 0.733. The highest BCUT2D eigenvalue weighted by Gasteiger charge is 2.69. The molecule has 8 nitrogen and oxygen atoms in total. The molecule has 4 aliphatic rings. The Labute approximate surface area is 240 Å². The van der Waals surface area contributed by atoms with Gasteiger partial charge in [0.1, 0.15) is 12.3 Å². The molecule has 3 N–H and O–H groups in total. The van der Waals surface area contributed by atoms with Crippen molar-refractivity contribution in [2.45, 2.75) is 22.6 Å². The number of hydrogen-bond acceptors (Lipinski definition) is 7. The van der Waals surface area contributed by atoms with Crippen LogP contribution in [0.4, 0.5) is 5.69 Å². The van der Waals surface area contributed by atoms with Gasteiger partial charge in [-0.25, -0.2) is 0 Å². The van der Waals surface area contributed by atoms with Crippen LogP contribution in [0.15, 0.2) is 52.3 Å². The van der Waals surface area contributed by atoms with E-state index >= 15 is 0 Å². The summed E-state index contributed by atoms with van der Waals surface area (Å²) in [4.78, 5) is 57.2. The van der Waals surface area contributed by atoms with Gasteiger partial charge in [-0.3, -0.25) is 24.1 Å². The molecule has 3 amide bonds. The van der Waals surface area contributed by atoms with E-state index < -0.39 is 17.7 Å². The molecule has 6 unspecified atom stereocenters. The standard InChI is InChI=1S/C27H21Cl2N3O5S2/c28-15-3-1-2-12(21(15)29)17-18-13-8-14(22(18)38-24-23(17)39-27(37)31-24)20-19(13)25(35)32(26(20)36)9-16(34)30-10-4-6-11(33)7-5-10/h1-7,13-14,17-20,22,33H,8-9H2,(H,30,34)(H,31,37)/t13?,14?,17-,18?,19?,20?,22?/m1/s1. The van der Waals surface area contributed by atoms with Crippen LogP contribution in [-0.2, 0) is 14.4 Å². The highest BCUT2D eigenvalue weighted by Crippen LogP contribution is 2.68. The monoisotopic (exact) mass is 601 g/mol. The summed E-state index contributed by atoms with van der Waals surface area (Å²) < 4.78 is 0. The molecule has 2 bridgehead atoms. The summed E-state index contributed by atoms with van der Waals surface area (Å²) in [5.74, 6) is -2.43. The van der Waals surface area contributed by atoms with Crippen molar-refractivity contribution in [2.75, 3.05) is 11.9 Å². The van der Waals surface area contributed by atoms with Gasteiger partial charge in [-0.2, -0.15) is 0 Å². The molecule has 1 saturated heterocycles. The van der Waals surface area contributed by atoms with Gasteiger partial charge < -0.3 is 15.4 Å². The van der Waals surface area contributed by atoms with E-state index in [9.17, 15) is 24.3 Å². The number of hydrogen-bond donors (Lipinski definition) is 3. The zero-order valence-electron chi connectivity index (χ0n) is 20.1. The number of fused-ring (bicyclic) bond motifs is 9. The molecular formula is C27H21Cl2N3O5S2. The second-order valence-electron chi connectivity index (χ2n) is 10.5. The van der Waals surface area contributed by atoms with Crippen molar-refractivity contribution < 1.29 is 19.5 Å². The summed E-state index contributed by atoms with van der Waals surface area (Å²) in [5, 5.41) is 13.8. The fourth-order valence-corrected chi connectivity index (χ4v) is 10.5. The number of likely N-dealkylation sites (tertiary alicyclic amines) is 1. The Morgan fingerprint density at radius 3 is 2.51 bits per heavy atom. The lowest BCUT2D eigenvalue weighted by Gasteiger charge is -2.43. The lowest BCUT2D eigenvalue weighted by molar-refractivity contribution is -0.143. The number of nitrogens with zero attached hydrogens (tertiary/aromatic N) is 1. The van der Waals surface area contributed by atoms with Crippen molar-refractivity contribution in [3.63, 3.8) is 0 Å². The SMILES string of the molecule is O=C(CN1C(=O)C2C3CC(C2C1=O)C1C3Sc2[nH]c(=O)sc2[C@@H]1c1cccc(Cl)c1Cl)Nc1ccc(O)cc1. The topological polar surface area (TPSA) is 120 Å². The smallest absolute Gasteiger partial charge is 0.305 e. The number of aromatic amines is 1. The molecule has 2 aliphatic carbocycles. The van der Waals surface area contributed by atoms with Gasteiger partial charge >= 0.3 is 4.87 Å². The molecule has 1 aromatic heterocycles. The zero-order valence-corrected chi connectivity index (χ0v) is 23.2. The van der Waals surface area contributed by atoms with Crippen LogP contribution in [0, 0.1) is 29.6 Å². The summed E-state index contributed by atoms with van der Waals surface area (Å²) in [6.45, 7) is -0.363. The minimum absolute atomic E-state index is 0.0107. The third-order valence-electron chi connectivity index (χ3n) is 8.58. The van der Waals surface area contributed by atoms with Crippen LogP contribution in [0.5, 0.6) is 5.75 Å². The Kier molecular flexibility index (Phi) is 5.89. The van der Waals surface area contributed by atoms with Gasteiger partial charge in [0.2, 0.25) is 17.7 Å². The van der Waals surface area contributed by atoms with E-state index in [1.54, 1.807) is 30.0 Å². The number of halogens is 2. The van der Waals surface area contributed by atoms with Crippen molar-refractivity contribution in [1.82, 2.24) is 9.88 Å². The van der Waals surface area contributed by atoms with Gasteiger partial charge in [0.15, 0.2) is 0 Å². The molecule has 0 spiro atoms. The summed E-state index contributed by atoms with van der Waals surface area (Å²) in [6, 6.07) is 11.5. The molecule has 12 heteroatoms. The highest BCUT2D eigenvalue weighted by atomic mass is 35.5. The fourth-order valence-electron chi connectivity index (χ4n) is 7.23. The molecular weight excluding hydrogens is 581 g/mol. The number of carbonyl (C=O) groups excluding carboxylic acids is 3. The number of nitrogens with one attached hydrogen (secondary N) is 2. The quantitative estimate of drug-likeness (QED) is 0.298. The number of rotatable bonds is 4.